The van der Waals surface area contributed by atoms with Crippen LogP contribution < -0.4 is 5.32 Å². The quantitative estimate of drug-likeness (QED) is 0.483. The van der Waals surface area contributed by atoms with Crippen molar-refractivity contribution in [1.82, 2.24) is 0 Å². The number of carbonyl (C=O) groups is 1. The molecular weight excluding hydrogens is 250 g/mol. The van der Waals surface area contributed by atoms with E-state index in [9.17, 15) is 4.79 Å². The van der Waals surface area contributed by atoms with Gasteiger partial charge in [0.25, 0.3) is 0 Å². The second-order valence-corrected chi connectivity index (χ2v) is 4.40. The monoisotopic (exact) mass is 269 g/mol. The molecule has 1 aromatic rings. The molecule has 0 aliphatic heterocycles. The van der Waals surface area contributed by atoms with E-state index in [0.29, 0.717) is 5.69 Å². The molecule has 20 heavy (non-hydrogen) atoms. The highest BCUT2D eigenvalue weighted by Crippen LogP contribution is 2.13. The molecule has 0 spiro atoms. The Kier molecular flexibility index (Phi) is 6.04. The van der Waals surface area contributed by atoms with Gasteiger partial charge in [-0.05, 0) is 43.7 Å². The van der Waals surface area contributed by atoms with Gasteiger partial charge in [-0.25, -0.2) is 0 Å². The minimum Gasteiger partial charge on any atom is -0.508 e. The third-order valence-corrected chi connectivity index (χ3v) is 2.53. The number of carbonyl (C=O) groups excluding carboxylic acids is 1. The lowest BCUT2D eigenvalue weighted by Gasteiger charge is -2.02. The van der Waals surface area contributed by atoms with Gasteiger partial charge in [0.15, 0.2) is 0 Å². The van der Waals surface area contributed by atoms with Gasteiger partial charge in [0.1, 0.15) is 5.75 Å². The van der Waals surface area contributed by atoms with Crippen LogP contribution in [0.3, 0.4) is 0 Å². The zero-order chi connectivity index (χ0) is 15.0. The maximum atomic E-state index is 11.7. The fourth-order valence-corrected chi connectivity index (χ4v) is 1.40. The van der Waals surface area contributed by atoms with Crippen LogP contribution in [0.25, 0.3) is 0 Å². The fraction of sp³-hybridized carbons (Fsp3) is 0.118. The summed E-state index contributed by atoms with van der Waals surface area (Å²) in [7, 11) is 0. The second-order valence-electron chi connectivity index (χ2n) is 4.40. The van der Waals surface area contributed by atoms with Crippen LogP contribution in [0.2, 0.25) is 0 Å². The lowest BCUT2D eigenvalue weighted by molar-refractivity contribution is -0.111. The fourth-order valence-electron chi connectivity index (χ4n) is 1.40. The van der Waals surface area contributed by atoms with E-state index in [-0.39, 0.29) is 11.7 Å². The van der Waals surface area contributed by atoms with E-state index in [4.69, 9.17) is 5.11 Å². The number of rotatable bonds is 5. The van der Waals surface area contributed by atoms with E-state index in [1.165, 1.54) is 18.2 Å². The Morgan fingerprint density at radius 1 is 1.20 bits per heavy atom. The van der Waals surface area contributed by atoms with Gasteiger partial charge in [0.2, 0.25) is 5.91 Å². The molecule has 0 aromatic heterocycles. The zero-order valence-electron chi connectivity index (χ0n) is 11.8. The highest BCUT2D eigenvalue weighted by atomic mass is 16.3. The summed E-state index contributed by atoms with van der Waals surface area (Å²) in [5.41, 5.74) is 2.54. The van der Waals surface area contributed by atoms with E-state index in [1.807, 2.05) is 32.1 Å². The minimum absolute atomic E-state index is 0.169. The van der Waals surface area contributed by atoms with E-state index in [2.05, 4.69) is 11.9 Å². The van der Waals surface area contributed by atoms with Gasteiger partial charge in [-0.1, -0.05) is 36.5 Å². The average molecular weight is 269 g/mol. The number of phenolic OH excluding ortho intramolecular Hbond substituents is 1. The third-order valence-electron chi connectivity index (χ3n) is 2.53. The molecular formula is C17H19NO2. The number of benzene rings is 1. The molecule has 0 aliphatic rings. The van der Waals surface area contributed by atoms with Crippen molar-refractivity contribution in [1.29, 1.82) is 0 Å². The molecule has 0 bridgehead atoms. The number of nitrogens with one attached hydrogen (secondary N) is 1. The SMILES string of the molecule is C=C/C(C)=C/C=C/C(C)=C/C(=O)Nc1ccc(O)cc1. The Balaban J connectivity index is 2.61. The zero-order valence-corrected chi connectivity index (χ0v) is 11.8. The number of anilines is 1. The van der Waals surface area contributed by atoms with Crippen molar-refractivity contribution in [3.63, 3.8) is 0 Å². The van der Waals surface area contributed by atoms with Crippen molar-refractivity contribution in [2.45, 2.75) is 13.8 Å². The normalized spacial score (nSPS) is 12.5. The summed E-state index contributed by atoms with van der Waals surface area (Å²) in [5.74, 6) is -0.0377. The van der Waals surface area contributed by atoms with Gasteiger partial charge in [0.05, 0.1) is 0 Å². The van der Waals surface area contributed by atoms with E-state index in [0.717, 1.165) is 11.1 Å². The van der Waals surface area contributed by atoms with E-state index < -0.39 is 0 Å². The van der Waals surface area contributed by atoms with Gasteiger partial charge in [-0.2, -0.15) is 0 Å². The van der Waals surface area contributed by atoms with Crippen LogP contribution in [0.4, 0.5) is 5.69 Å². The third kappa shape index (κ3) is 5.87. The largest absolute Gasteiger partial charge is 0.508 e. The molecule has 3 heteroatoms. The van der Waals surface area contributed by atoms with E-state index >= 15 is 0 Å². The first-order valence-corrected chi connectivity index (χ1v) is 6.27. The molecule has 0 radical (unpaired) electrons. The van der Waals surface area contributed by atoms with Crippen LogP contribution in [0.1, 0.15) is 13.8 Å². The molecule has 3 nitrogen and oxygen atoms in total. The van der Waals surface area contributed by atoms with Crippen LogP contribution in [-0.2, 0) is 4.79 Å². The molecule has 2 N–H and O–H groups in total. The van der Waals surface area contributed by atoms with Crippen molar-refractivity contribution in [3.8, 4) is 5.75 Å². The number of hydrogen-bond acceptors (Lipinski definition) is 2. The van der Waals surface area contributed by atoms with Gasteiger partial charge in [0, 0.05) is 11.8 Å². The average Bonchev–Trinajstić information content (AvgIpc) is 2.41. The smallest absolute Gasteiger partial charge is 0.248 e. The van der Waals surface area contributed by atoms with Gasteiger partial charge < -0.3 is 10.4 Å². The lowest BCUT2D eigenvalue weighted by atomic mass is 10.2. The Labute approximate surface area is 119 Å². The highest BCUT2D eigenvalue weighted by molar-refractivity contribution is 5.99. The second kappa shape index (κ2) is 7.79. The van der Waals surface area contributed by atoms with Crippen LogP contribution in [0.5, 0.6) is 5.75 Å². The summed E-state index contributed by atoms with van der Waals surface area (Å²) in [5, 5.41) is 11.9. The number of hydrogen-bond donors (Lipinski definition) is 2. The molecule has 0 fully saturated rings. The van der Waals surface area contributed by atoms with Crippen LogP contribution >= 0.6 is 0 Å². The van der Waals surface area contributed by atoms with Crippen molar-refractivity contribution < 1.29 is 9.90 Å². The summed E-state index contributed by atoms with van der Waals surface area (Å²) >= 11 is 0. The Morgan fingerprint density at radius 2 is 1.85 bits per heavy atom. The maximum absolute atomic E-state index is 11.7. The highest BCUT2D eigenvalue weighted by Gasteiger charge is 1.98. The summed E-state index contributed by atoms with van der Waals surface area (Å²) in [6, 6.07) is 6.33. The molecule has 0 saturated heterocycles. The molecule has 0 aliphatic carbocycles. The van der Waals surface area contributed by atoms with E-state index in [1.54, 1.807) is 18.2 Å². The topological polar surface area (TPSA) is 49.3 Å². The molecule has 0 saturated carbocycles. The Bertz CT molecular complexity index is 563. The standard InChI is InChI=1S/C17H19NO2/c1-4-13(2)6-5-7-14(3)12-17(20)18-15-8-10-16(19)11-9-15/h4-12,19H,1H2,2-3H3,(H,18,20)/b7-5+,13-6+,14-12+. The number of allylic oxidation sites excluding steroid dienone is 6. The first-order chi connectivity index (χ1) is 9.51. The van der Waals surface area contributed by atoms with Crippen molar-refractivity contribution in [2.75, 3.05) is 5.32 Å². The van der Waals surface area contributed by atoms with Crippen molar-refractivity contribution >= 4 is 11.6 Å². The van der Waals surface area contributed by atoms with Gasteiger partial charge in [-0.3, -0.25) is 4.79 Å². The van der Waals surface area contributed by atoms with Crippen LogP contribution in [-0.4, -0.2) is 11.0 Å². The predicted molar refractivity (Wildman–Crippen MR) is 83.6 cm³/mol. The Hall–Kier alpha value is -2.55. The van der Waals surface area contributed by atoms with Gasteiger partial charge in [-0.15, -0.1) is 0 Å². The van der Waals surface area contributed by atoms with Crippen molar-refractivity contribution in [2.24, 2.45) is 0 Å². The number of amides is 1. The number of phenols is 1. The van der Waals surface area contributed by atoms with Crippen LogP contribution in [0, 0.1) is 0 Å². The summed E-state index contributed by atoms with van der Waals surface area (Å²) in [6.45, 7) is 7.46. The Morgan fingerprint density at radius 3 is 2.45 bits per heavy atom. The molecule has 0 heterocycles. The molecule has 104 valence electrons. The molecule has 1 rings (SSSR count). The number of aromatic hydroxyl groups is 1. The van der Waals surface area contributed by atoms with Crippen molar-refractivity contribution in [3.05, 3.63) is 72.4 Å². The molecule has 1 amide bonds. The molecule has 1 aromatic carbocycles. The predicted octanol–water partition coefficient (Wildman–Crippen LogP) is 3.97. The summed E-state index contributed by atoms with van der Waals surface area (Å²) < 4.78 is 0. The van der Waals surface area contributed by atoms with Gasteiger partial charge >= 0.3 is 0 Å². The summed E-state index contributed by atoms with van der Waals surface area (Å²) in [6.07, 6.45) is 8.92. The van der Waals surface area contributed by atoms with Crippen LogP contribution in [0.15, 0.2) is 72.4 Å². The first-order valence-electron chi connectivity index (χ1n) is 6.27. The molecule has 0 atom stereocenters. The molecule has 0 unspecified atom stereocenters. The summed E-state index contributed by atoms with van der Waals surface area (Å²) in [4.78, 5) is 11.7. The lowest BCUT2D eigenvalue weighted by Crippen LogP contribution is -2.08. The first kappa shape index (κ1) is 15.5. The maximum Gasteiger partial charge on any atom is 0.248 e. The minimum atomic E-state index is -0.206.